The molecule has 0 fully saturated rings. The van der Waals surface area contributed by atoms with Crippen LogP contribution in [0.5, 0.6) is 5.75 Å². The first-order valence-electron chi connectivity index (χ1n) is 12.2. The van der Waals surface area contributed by atoms with E-state index in [1.165, 1.54) is 11.6 Å². The number of nitrogens with zero attached hydrogens (tertiary/aromatic N) is 1. The summed E-state index contributed by atoms with van der Waals surface area (Å²) in [6.07, 6.45) is 6.58. The fourth-order valence-electron chi connectivity index (χ4n) is 4.29. The van der Waals surface area contributed by atoms with Gasteiger partial charge in [-0.3, -0.25) is 9.89 Å². The highest BCUT2D eigenvalue weighted by Crippen LogP contribution is 2.36. The smallest absolute Gasteiger partial charge is 0.241 e. The number of unbranched alkanes of at least 4 members (excludes halogenated alkanes) is 2. The van der Waals surface area contributed by atoms with Gasteiger partial charge in [0.2, 0.25) is 11.9 Å². The fourth-order valence-corrected chi connectivity index (χ4v) is 4.29. The maximum atomic E-state index is 14.3. The van der Waals surface area contributed by atoms with Gasteiger partial charge in [-0.15, -0.1) is 0 Å². The minimum atomic E-state index is -0.433. The molecule has 4 rings (SSSR count). The summed E-state index contributed by atoms with van der Waals surface area (Å²) in [5.74, 6) is -0.0641. The molecule has 1 amide bonds. The first-order valence-corrected chi connectivity index (χ1v) is 12.2. The Morgan fingerprint density at radius 2 is 1.75 bits per heavy atom. The van der Waals surface area contributed by atoms with Gasteiger partial charge in [0.1, 0.15) is 5.75 Å². The number of nitrogens with one attached hydrogen (secondary N) is 1. The Kier molecular flexibility index (Phi) is 8.29. The number of fused-ring (bicyclic) bond motifs is 1. The second-order valence-electron chi connectivity index (χ2n) is 8.52. The lowest BCUT2D eigenvalue weighted by molar-refractivity contribution is -0.113. The first kappa shape index (κ1) is 24.9. The lowest BCUT2D eigenvalue weighted by Gasteiger charge is -2.17. The van der Waals surface area contributed by atoms with Gasteiger partial charge in [0.15, 0.2) is 0 Å². The average Bonchev–Trinajstić information content (AvgIpc) is 3.27. The number of carbonyl (C=O) groups is 1. The summed E-state index contributed by atoms with van der Waals surface area (Å²) < 4.78 is 20.2. The van der Waals surface area contributed by atoms with E-state index in [-0.39, 0.29) is 0 Å². The standard InChI is InChI=1S/C30H30FN3O2/c1-2-25(21-10-6-5-7-11-21)29(23-15-18-27-26(20-23)30(31)34-33-27)22-13-16-24(17-14-22)36-19-9-4-3-8-12-28(32)35/h5-8,10-18,20H,2-4,9,19H2,1H3,(H2,32,35)(H,33,34)/b12-8+,29-25+. The molecule has 0 atom stereocenters. The number of rotatable bonds is 11. The third kappa shape index (κ3) is 6.08. The van der Waals surface area contributed by atoms with Crippen LogP contribution >= 0.6 is 0 Å². The Balaban J connectivity index is 1.60. The first-order chi connectivity index (χ1) is 17.6. The van der Waals surface area contributed by atoms with E-state index in [1.54, 1.807) is 6.08 Å². The number of benzene rings is 3. The van der Waals surface area contributed by atoms with E-state index in [2.05, 4.69) is 41.4 Å². The van der Waals surface area contributed by atoms with Crippen molar-refractivity contribution >= 4 is 28.0 Å². The number of aromatic amines is 1. The topological polar surface area (TPSA) is 81.0 Å². The second kappa shape index (κ2) is 12.0. The van der Waals surface area contributed by atoms with E-state index in [9.17, 15) is 9.18 Å². The molecular formula is C30H30FN3O2. The van der Waals surface area contributed by atoms with E-state index < -0.39 is 11.9 Å². The Morgan fingerprint density at radius 3 is 2.47 bits per heavy atom. The summed E-state index contributed by atoms with van der Waals surface area (Å²) >= 11 is 0. The van der Waals surface area contributed by atoms with Crippen molar-refractivity contribution < 1.29 is 13.9 Å². The van der Waals surface area contributed by atoms with Crippen molar-refractivity contribution in [1.82, 2.24) is 10.2 Å². The quantitative estimate of drug-likeness (QED) is 0.142. The molecule has 184 valence electrons. The third-order valence-corrected chi connectivity index (χ3v) is 6.03. The van der Waals surface area contributed by atoms with Crippen LogP contribution in [0.2, 0.25) is 0 Å². The SMILES string of the molecule is CC/C(=C(/c1ccc(OCCCC/C=C/C(N)=O)cc1)c1ccc2n[nH]c(F)c2c1)c1ccccc1. The van der Waals surface area contributed by atoms with Gasteiger partial charge in [-0.25, -0.2) is 0 Å². The van der Waals surface area contributed by atoms with Gasteiger partial charge in [-0.05, 0) is 83.9 Å². The van der Waals surface area contributed by atoms with Gasteiger partial charge in [-0.2, -0.15) is 9.49 Å². The van der Waals surface area contributed by atoms with E-state index >= 15 is 0 Å². The molecule has 0 bridgehead atoms. The molecule has 1 heterocycles. The molecule has 4 aromatic rings. The molecule has 0 spiro atoms. The van der Waals surface area contributed by atoms with Crippen molar-refractivity contribution in [2.75, 3.05) is 6.61 Å². The van der Waals surface area contributed by atoms with E-state index in [0.29, 0.717) is 17.5 Å². The molecule has 1 aromatic heterocycles. The number of carbonyl (C=O) groups excluding carboxylic acids is 1. The Labute approximate surface area is 210 Å². The number of aromatic nitrogens is 2. The monoisotopic (exact) mass is 483 g/mol. The number of ether oxygens (including phenoxy) is 1. The molecule has 0 radical (unpaired) electrons. The van der Waals surface area contributed by atoms with Gasteiger partial charge in [0, 0.05) is 0 Å². The molecule has 0 unspecified atom stereocenters. The van der Waals surface area contributed by atoms with Crippen molar-refractivity contribution in [3.63, 3.8) is 0 Å². The highest BCUT2D eigenvalue weighted by Gasteiger charge is 2.15. The molecule has 0 aliphatic carbocycles. The number of amides is 1. The second-order valence-corrected chi connectivity index (χ2v) is 8.52. The molecule has 0 aliphatic rings. The summed E-state index contributed by atoms with van der Waals surface area (Å²) in [4.78, 5) is 10.7. The van der Waals surface area contributed by atoms with Crippen LogP contribution in [0, 0.1) is 5.95 Å². The van der Waals surface area contributed by atoms with Gasteiger partial charge in [-0.1, -0.05) is 61.5 Å². The maximum Gasteiger partial charge on any atom is 0.241 e. The lowest BCUT2D eigenvalue weighted by atomic mass is 9.88. The van der Waals surface area contributed by atoms with Crippen LogP contribution in [-0.4, -0.2) is 22.7 Å². The Hall–Kier alpha value is -4.19. The molecular weight excluding hydrogens is 453 g/mol. The summed E-state index contributed by atoms with van der Waals surface area (Å²) in [6, 6.07) is 24.0. The predicted octanol–water partition coefficient (Wildman–Crippen LogP) is 6.66. The van der Waals surface area contributed by atoms with Crippen LogP contribution < -0.4 is 10.5 Å². The van der Waals surface area contributed by atoms with Crippen molar-refractivity contribution in [3.8, 4) is 5.75 Å². The predicted molar refractivity (Wildman–Crippen MR) is 143 cm³/mol. The number of allylic oxidation sites excluding steroid dienone is 2. The molecule has 6 heteroatoms. The largest absolute Gasteiger partial charge is 0.494 e. The van der Waals surface area contributed by atoms with E-state index in [4.69, 9.17) is 10.5 Å². The van der Waals surface area contributed by atoms with Crippen LogP contribution in [0.25, 0.3) is 22.0 Å². The Bertz CT molecular complexity index is 1370. The van der Waals surface area contributed by atoms with Crippen molar-refractivity contribution in [1.29, 1.82) is 0 Å². The van der Waals surface area contributed by atoms with Gasteiger partial charge < -0.3 is 10.5 Å². The van der Waals surface area contributed by atoms with Crippen LogP contribution in [0.3, 0.4) is 0 Å². The van der Waals surface area contributed by atoms with Crippen LogP contribution in [0.15, 0.2) is 84.9 Å². The minimum absolute atomic E-state index is 0.423. The van der Waals surface area contributed by atoms with Crippen LogP contribution in [-0.2, 0) is 4.79 Å². The summed E-state index contributed by atoms with van der Waals surface area (Å²) in [6.45, 7) is 2.72. The van der Waals surface area contributed by atoms with Crippen molar-refractivity contribution in [2.24, 2.45) is 5.73 Å². The number of hydrogen-bond donors (Lipinski definition) is 2. The van der Waals surface area contributed by atoms with Gasteiger partial charge >= 0.3 is 0 Å². The number of primary amides is 1. The molecule has 3 N–H and O–H groups in total. The van der Waals surface area contributed by atoms with Crippen molar-refractivity contribution in [2.45, 2.75) is 32.6 Å². The summed E-state index contributed by atoms with van der Waals surface area (Å²) in [5, 5.41) is 6.93. The van der Waals surface area contributed by atoms with Crippen LogP contribution in [0.1, 0.15) is 49.3 Å². The summed E-state index contributed by atoms with van der Waals surface area (Å²) in [5.41, 5.74) is 11.0. The van der Waals surface area contributed by atoms with E-state index in [0.717, 1.165) is 53.7 Å². The number of nitrogens with two attached hydrogens (primary N) is 1. The van der Waals surface area contributed by atoms with E-state index in [1.807, 2.05) is 48.5 Å². The minimum Gasteiger partial charge on any atom is -0.494 e. The lowest BCUT2D eigenvalue weighted by Crippen LogP contribution is -2.05. The highest BCUT2D eigenvalue weighted by molar-refractivity contribution is 6.00. The molecule has 0 saturated carbocycles. The number of H-pyrrole nitrogens is 1. The fraction of sp³-hybridized carbons (Fsp3) is 0.200. The third-order valence-electron chi connectivity index (χ3n) is 6.03. The zero-order chi connectivity index (χ0) is 25.3. The summed E-state index contributed by atoms with van der Waals surface area (Å²) in [7, 11) is 0. The highest BCUT2D eigenvalue weighted by atomic mass is 19.1. The normalized spacial score (nSPS) is 12.2. The number of hydrogen-bond acceptors (Lipinski definition) is 3. The zero-order valence-corrected chi connectivity index (χ0v) is 20.3. The van der Waals surface area contributed by atoms with Crippen molar-refractivity contribution in [3.05, 3.63) is 108 Å². The van der Waals surface area contributed by atoms with Gasteiger partial charge in [0.05, 0.1) is 17.5 Å². The molecule has 36 heavy (non-hydrogen) atoms. The molecule has 5 nitrogen and oxygen atoms in total. The molecule has 0 saturated heterocycles. The molecule has 0 aliphatic heterocycles. The van der Waals surface area contributed by atoms with Crippen LogP contribution in [0.4, 0.5) is 4.39 Å². The zero-order valence-electron chi connectivity index (χ0n) is 20.3. The number of halogens is 1. The molecule has 3 aromatic carbocycles. The van der Waals surface area contributed by atoms with Gasteiger partial charge in [0.25, 0.3) is 0 Å². The maximum absolute atomic E-state index is 14.3. The average molecular weight is 484 g/mol. The Morgan fingerprint density at radius 1 is 1.00 bits per heavy atom.